The van der Waals surface area contributed by atoms with E-state index in [9.17, 15) is 14.9 Å². The summed E-state index contributed by atoms with van der Waals surface area (Å²) in [6.45, 7) is 2.83. The first-order valence-electron chi connectivity index (χ1n) is 9.75. The highest BCUT2D eigenvalue weighted by molar-refractivity contribution is 5.94. The summed E-state index contributed by atoms with van der Waals surface area (Å²) in [4.78, 5) is 29.5. The average Bonchev–Trinajstić information content (AvgIpc) is 3.20. The molecule has 1 fully saturated rings. The Kier molecular flexibility index (Phi) is 5.18. The van der Waals surface area contributed by atoms with Gasteiger partial charge in [0.25, 0.3) is 5.91 Å². The summed E-state index contributed by atoms with van der Waals surface area (Å²) in [5, 5.41) is 16.3. The minimum absolute atomic E-state index is 0.0167. The molecule has 1 atom stereocenters. The maximum Gasteiger partial charge on any atom is 0.314 e. The SMILES string of the molecule is Cc1ccnc(N2CCCC(c3nn(-c4ccccc4)cc3C(N)=O)C2)c1[N+](=O)[O-]. The lowest BCUT2D eigenvalue weighted by Gasteiger charge is -2.33. The summed E-state index contributed by atoms with van der Waals surface area (Å²) < 4.78 is 1.65. The molecular weight excluding hydrogens is 384 g/mol. The molecule has 1 aliphatic heterocycles. The van der Waals surface area contributed by atoms with Gasteiger partial charge in [0.2, 0.25) is 5.82 Å². The van der Waals surface area contributed by atoms with E-state index in [1.165, 1.54) is 0 Å². The molecule has 154 valence electrons. The number of rotatable bonds is 5. The number of aromatic nitrogens is 3. The van der Waals surface area contributed by atoms with Gasteiger partial charge in [-0.1, -0.05) is 18.2 Å². The van der Waals surface area contributed by atoms with Crippen LogP contribution in [0.4, 0.5) is 11.5 Å². The van der Waals surface area contributed by atoms with Crippen LogP contribution in [-0.2, 0) is 0 Å². The number of carbonyl (C=O) groups excluding carboxylic acids is 1. The van der Waals surface area contributed by atoms with Gasteiger partial charge in [-0.3, -0.25) is 14.9 Å². The lowest BCUT2D eigenvalue weighted by molar-refractivity contribution is -0.384. The molecule has 2 aromatic heterocycles. The highest BCUT2D eigenvalue weighted by atomic mass is 16.6. The molecule has 1 unspecified atom stereocenters. The van der Waals surface area contributed by atoms with Crippen molar-refractivity contribution >= 4 is 17.4 Å². The van der Waals surface area contributed by atoms with Gasteiger partial charge < -0.3 is 10.6 Å². The quantitative estimate of drug-likeness (QED) is 0.514. The van der Waals surface area contributed by atoms with E-state index in [2.05, 4.69) is 10.1 Å². The van der Waals surface area contributed by atoms with Crippen LogP contribution in [0.3, 0.4) is 0 Å². The molecule has 2 N–H and O–H groups in total. The maximum atomic E-state index is 12.1. The van der Waals surface area contributed by atoms with E-state index in [4.69, 9.17) is 5.73 Å². The third-order valence-corrected chi connectivity index (χ3v) is 5.43. The molecule has 9 nitrogen and oxygen atoms in total. The number of nitrogens with zero attached hydrogens (tertiary/aromatic N) is 5. The number of pyridine rings is 1. The van der Waals surface area contributed by atoms with Crippen molar-refractivity contribution < 1.29 is 9.72 Å². The number of anilines is 1. The number of benzene rings is 1. The van der Waals surface area contributed by atoms with Crippen molar-refractivity contribution in [2.75, 3.05) is 18.0 Å². The molecule has 0 radical (unpaired) electrons. The summed E-state index contributed by atoms with van der Waals surface area (Å²) in [6, 6.07) is 11.1. The van der Waals surface area contributed by atoms with Gasteiger partial charge in [0.05, 0.1) is 21.9 Å². The summed E-state index contributed by atoms with van der Waals surface area (Å²) in [7, 11) is 0. The number of nitrogens with two attached hydrogens (primary N) is 1. The number of para-hydroxylation sites is 1. The predicted octanol–water partition coefficient (Wildman–Crippen LogP) is 2.97. The summed E-state index contributed by atoms with van der Waals surface area (Å²) >= 11 is 0. The Labute approximate surface area is 173 Å². The second kappa shape index (κ2) is 7.94. The van der Waals surface area contributed by atoms with Crippen molar-refractivity contribution in [3.05, 3.63) is 75.7 Å². The standard InChI is InChI=1S/C21H22N6O3/c1-14-9-10-23-21(19(14)27(29)30)25-11-5-6-15(12-25)18-17(20(22)28)13-26(24-18)16-7-3-2-4-8-16/h2-4,7-10,13,15H,5-6,11-12H2,1H3,(H2,22,28). The normalized spacial score (nSPS) is 16.4. The molecule has 4 rings (SSSR count). The average molecular weight is 406 g/mol. The van der Waals surface area contributed by atoms with E-state index in [1.54, 1.807) is 30.1 Å². The largest absolute Gasteiger partial charge is 0.365 e. The molecule has 0 bridgehead atoms. The fourth-order valence-electron chi connectivity index (χ4n) is 3.98. The minimum atomic E-state index is -0.538. The van der Waals surface area contributed by atoms with Crippen LogP contribution in [0, 0.1) is 17.0 Å². The summed E-state index contributed by atoms with van der Waals surface area (Å²) in [5.41, 5.74) is 8.04. The topological polar surface area (TPSA) is 120 Å². The third-order valence-electron chi connectivity index (χ3n) is 5.43. The van der Waals surface area contributed by atoms with E-state index < -0.39 is 5.91 Å². The van der Waals surface area contributed by atoms with E-state index in [1.807, 2.05) is 35.2 Å². The Hall–Kier alpha value is -3.75. The number of carbonyl (C=O) groups is 1. The van der Waals surface area contributed by atoms with Crippen LogP contribution in [0.2, 0.25) is 0 Å². The zero-order chi connectivity index (χ0) is 21.3. The number of hydrogen-bond acceptors (Lipinski definition) is 6. The molecule has 1 aromatic carbocycles. The molecule has 0 aliphatic carbocycles. The van der Waals surface area contributed by atoms with Gasteiger partial charge in [-0.05, 0) is 38.0 Å². The molecule has 9 heteroatoms. The van der Waals surface area contributed by atoms with E-state index in [0.717, 1.165) is 18.5 Å². The van der Waals surface area contributed by atoms with Crippen molar-refractivity contribution in [1.82, 2.24) is 14.8 Å². The minimum Gasteiger partial charge on any atom is -0.365 e. The van der Waals surface area contributed by atoms with Crippen LogP contribution >= 0.6 is 0 Å². The number of hydrogen-bond donors (Lipinski definition) is 1. The highest BCUT2D eigenvalue weighted by Crippen LogP contribution is 2.35. The van der Waals surface area contributed by atoms with Gasteiger partial charge >= 0.3 is 5.69 Å². The predicted molar refractivity (Wildman–Crippen MR) is 112 cm³/mol. The fourth-order valence-corrected chi connectivity index (χ4v) is 3.98. The first kappa shape index (κ1) is 19.6. The second-order valence-electron chi connectivity index (χ2n) is 7.41. The van der Waals surface area contributed by atoms with Gasteiger partial charge in [-0.25, -0.2) is 9.67 Å². The van der Waals surface area contributed by atoms with Crippen molar-refractivity contribution in [2.24, 2.45) is 5.73 Å². The summed E-state index contributed by atoms with van der Waals surface area (Å²) in [6.07, 6.45) is 4.84. The smallest absolute Gasteiger partial charge is 0.314 e. The van der Waals surface area contributed by atoms with Crippen molar-refractivity contribution in [2.45, 2.75) is 25.7 Å². The van der Waals surface area contributed by atoms with E-state index in [0.29, 0.717) is 35.7 Å². The molecule has 1 saturated heterocycles. The van der Waals surface area contributed by atoms with Crippen LogP contribution in [0.1, 0.15) is 40.4 Å². The number of nitro groups is 1. The molecule has 3 aromatic rings. The van der Waals surface area contributed by atoms with E-state index >= 15 is 0 Å². The first-order chi connectivity index (χ1) is 14.5. The van der Waals surface area contributed by atoms with Crippen LogP contribution in [0.15, 0.2) is 48.8 Å². The lowest BCUT2D eigenvalue weighted by atomic mass is 9.92. The zero-order valence-electron chi connectivity index (χ0n) is 16.6. The Morgan fingerprint density at radius 2 is 2.03 bits per heavy atom. The van der Waals surface area contributed by atoms with Crippen LogP contribution in [0.5, 0.6) is 0 Å². The number of amides is 1. The lowest BCUT2D eigenvalue weighted by Crippen LogP contribution is -2.36. The van der Waals surface area contributed by atoms with Crippen LogP contribution in [0.25, 0.3) is 5.69 Å². The van der Waals surface area contributed by atoms with Crippen molar-refractivity contribution in [3.63, 3.8) is 0 Å². The Morgan fingerprint density at radius 1 is 1.27 bits per heavy atom. The Balaban J connectivity index is 1.69. The molecule has 30 heavy (non-hydrogen) atoms. The first-order valence-corrected chi connectivity index (χ1v) is 9.75. The molecular formula is C21H22N6O3. The van der Waals surface area contributed by atoms with Gasteiger partial charge in [0, 0.05) is 37.0 Å². The molecule has 1 aliphatic rings. The van der Waals surface area contributed by atoms with Gasteiger partial charge in [0.15, 0.2) is 0 Å². The fraction of sp³-hybridized carbons (Fsp3) is 0.286. The number of primary amides is 1. The number of piperidine rings is 1. The molecule has 0 saturated carbocycles. The number of aryl methyl sites for hydroxylation is 1. The maximum absolute atomic E-state index is 12.1. The van der Waals surface area contributed by atoms with Crippen molar-refractivity contribution in [3.8, 4) is 5.69 Å². The van der Waals surface area contributed by atoms with E-state index in [-0.39, 0.29) is 16.5 Å². The second-order valence-corrected chi connectivity index (χ2v) is 7.41. The summed E-state index contributed by atoms with van der Waals surface area (Å²) in [5.74, 6) is -0.273. The zero-order valence-corrected chi connectivity index (χ0v) is 16.6. The monoisotopic (exact) mass is 406 g/mol. The Morgan fingerprint density at radius 3 is 2.73 bits per heavy atom. The van der Waals surface area contributed by atoms with Gasteiger partial charge in [-0.2, -0.15) is 5.10 Å². The third kappa shape index (κ3) is 3.61. The Bertz CT molecular complexity index is 1100. The molecule has 3 heterocycles. The van der Waals surface area contributed by atoms with Gasteiger partial charge in [0.1, 0.15) is 0 Å². The van der Waals surface area contributed by atoms with Crippen molar-refractivity contribution in [1.29, 1.82) is 0 Å². The van der Waals surface area contributed by atoms with Gasteiger partial charge in [-0.15, -0.1) is 0 Å². The molecule has 1 amide bonds. The van der Waals surface area contributed by atoms with Crippen LogP contribution in [-0.4, -0.2) is 38.7 Å². The molecule has 0 spiro atoms. The highest BCUT2D eigenvalue weighted by Gasteiger charge is 2.32. The van der Waals surface area contributed by atoms with Crippen LogP contribution < -0.4 is 10.6 Å².